The Labute approximate surface area is 231 Å². The number of hydrogen-bond acceptors (Lipinski definition) is 5. The lowest BCUT2D eigenvalue weighted by Gasteiger charge is -2.32. The molecule has 0 saturated carbocycles. The van der Waals surface area contributed by atoms with Crippen LogP contribution in [0.25, 0.3) is 0 Å². The van der Waals surface area contributed by atoms with Crippen LogP contribution in [0, 0.1) is 6.92 Å². The number of methoxy groups -OCH3 is 1. The first-order valence-corrected chi connectivity index (χ1v) is 14.4. The van der Waals surface area contributed by atoms with Crippen LogP contribution in [0.1, 0.15) is 38.3 Å². The van der Waals surface area contributed by atoms with Crippen LogP contribution in [0.5, 0.6) is 5.75 Å². The molecule has 0 aliphatic carbocycles. The van der Waals surface area contributed by atoms with Crippen molar-refractivity contribution in [2.75, 3.05) is 18.0 Å². The minimum Gasteiger partial charge on any atom is -0.497 e. The van der Waals surface area contributed by atoms with E-state index < -0.39 is 28.5 Å². The van der Waals surface area contributed by atoms with Crippen molar-refractivity contribution in [1.29, 1.82) is 0 Å². The van der Waals surface area contributed by atoms with E-state index in [4.69, 9.17) is 4.74 Å². The number of amides is 2. The minimum absolute atomic E-state index is 0.0497. The fourth-order valence-electron chi connectivity index (χ4n) is 4.03. The third kappa shape index (κ3) is 7.38. The number of nitrogens with one attached hydrogen (secondary N) is 1. The molecular weight excluding hydrogens is 514 g/mol. The fourth-order valence-corrected chi connectivity index (χ4v) is 5.46. The molecule has 0 heterocycles. The second-order valence-corrected chi connectivity index (χ2v) is 11.3. The highest BCUT2D eigenvalue weighted by atomic mass is 32.2. The van der Waals surface area contributed by atoms with E-state index in [0.717, 1.165) is 21.9 Å². The van der Waals surface area contributed by atoms with Gasteiger partial charge in [0.15, 0.2) is 0 Å². The van der Waals surface area contributed by atoms with Crippen molar-refractivity contribution in [2.45, 2.75) is 57.6 Å². The molecule has 2 amide bonds. The predicted molar refractivity (Wildman–Crippen MR) is 153 cm³/mol. The molecule has 0 saturated heterocycles. The van der Waals surface area contributed by atoms with Gasteiger partial charge in [-0.1, -0.05) is 55.5 Å². The Morgan fingerprint density at radius 3 is 2.26 bits per heavy atom. The normalized spacial score (nSPS) is 12.7. The largest absolute Gasteiger partial charge is 0.497 e. The summed E-state index contributed by atoms with van der Waals surface area (Å²) in [6.45, 7) is 7.11. The molecule has 0 radical (unpaired) electrons. The monoisotopic (exact) mass is 551 g/mol. The van der Waals surface area contributed by atoms with Gasteiger partial charge in [0.2, 0.25) is 11.8 Å². The van der Waals surface area contributed by atoms with Gasteiger partial charge in [0.25, 0.3) is 10.0 Å². The Morgan fingerprint density at radius 1 is 0.949 bits per heavy atom. The summed E-state index contributed by atoms with van der Waals surface area (Å²) in [7, 11) is -2.64. The molecule has 2 unspecified atom stereocenters. The second-order valence-electron chi connectivity index (χ2n) is 9.47. The van der Waals surface area contributed by atoms with Crippen LogP contribution >= 0.6 is 0 Å². The second kappa shape index (κ2) is 13.3. The van der Waals surface area contributed by atoms with Gasteiger partial charge in [-0.3, -0.25) is 13.9 Å². The van der Waals surface area contributed by atoms with Gasteiger partial charge in [-0.05, 0) is 62.6 Å². The number of benzene rings is 3. The van der Waals surface area contributed by atoms with Crippen molar-refractivity contribution in [3.05, 3.63) is 90.0 Å². The summed E-state index contributed by atoms with van der Waals surface area (Å²) in [5, 5.41) is 2.94. The Balaban J connectivity index is 2.04. The molecule has 3 rings (SSSR count). The van der Waals surface area contributed by atoms with Crippen LogP contribution in [0.15, 0.2) is 83.8 Å². The highest BCUT2D eigenvalue weighted by Crippen LogP contribution is 2.27. The Kier molecular flexibility index (Phi) is 10.1. The van der Waals surface area contributed by atoms with Gasteiger partial charge in [0.1, 0.15) is 18.3 Å². The highest BCUT2D eigenvalue weighted by Gasteiger charge is 2.33. The van der Waals surface area contributed by atoms with Crippen LogP contribution in [0.4, 0.5) is 5.69 Å². The average Bonchev–Trinajstić information content (AvgIpc) is 2.95. The number of hydrogen-bond donors (Lipinski definition) is 1. The quantitative estimate of drug-likeness (QED) is 0.357. The zero-order chi connectivity index (χ0) is 28.6. The zero-order valence-corrected chi connectivity index (χ0v) is 23.9. The molecule has 2 atom stereocenters. The van der Waals surface area contributed by atoms with E-state index in [1.165, 1.54) is 24.1 Å². The number of ether oxygens (including phenoxy) is 1. The molecule has 39 heavy (non-hydrogen) atoms. The van der Waals surface area contributed by atoms with Gasteiger partial charge < -0.3 is 15.0 Å². The lowest BCUT2D eigenvalue weighted by atomic mass is 10.1. The fraction of sp³-hybridized carbons (Fsp3) is 0.333. The maximum atomic E-state index is 14.0. The number of aryl methyl sites for hydroxylation is 1. The van der Waals surface area contributed by atoms with Gasteiger partial charge in [0.05, 0.1) is 17.7 Å². The highest BCUT2D eigenvalue weighted by molar-refractivity contribution is 7.92. The Morgan fingerprint density at radius 2 is 1.62 bits per heavy atom. The molecule has 0 fully saturated rings. The van der Waals surface area contributed by atoms with E-state index in [2.05, 4.69) is 5.32 Å². The van der Waals surface area contributed by atoms with Crippen LogP contribution in [-0.2, 0) is 26.2 Å². The first-order valence-electron chi connectivity index (χ1n) is 12.9. The molecule has 9 heteroatoms. The maximum Gasteiger partial charge on any atom is 0.264 e. The minimum atomic E-state index is -4.13. The van der Waals surface area contributed by atoms with Crippen LogP contribution in [-0.4, -0.2) is 50.9 Å². The van der Waals surface area contributed by atoms with Crippen LogP contribution in [0.3, 0.4) is 0 Å². The predicted octanol–water partition coefficient (Wildman–Crippen LogP) is 4.53. The summed E-state index contributed by atoms with van der Waals surface area (Å²) in [5.74, 6) is -0.358. The Bertz CT molecular complexity index is 1380. The summed E-state index contributed by atoms with van der Waals surface area (Å²) in [6, 6.07) is 21.2. The number of anilines is 1. The number of rotatable bonds is 12. The lowest BCUT2D eigenvalue weighted by Crippen LogP contribution is -2.52. The third-order valence-corrected chi connectivity index (χ3v) is 8.51. The first kappa shape index (κ1) is 29.7. The van der Waals surface area contributed by atoms with Gasteiger partial charge in [-0.2, -0.15) is 0 Å². The molecule has 0 aliphatic heterocycles. The van der Waals surface area contributed by atoms with Gasteiger partial charge in [0, 0.05) is 18.7 Å². The molecule has 3 aromatic rings. The van der Waals surface area contributed by atoms with E-state index in [-0.39, 0.29) is 29.1 Å². The molecule has 3 aromatic carbocycles. The molecule has 1 N–H and O–H groups in total. The molecular formula is C30H37N3O5S. The molecule has 0 spiro atoms. The summed E-state index contributed by atoms with van der Waals surface area (Å²) in [5.41, 5.74) is 2.11. The first-order chi connectivity index (χ1) is 18.6. The zero-order valence-electron chi connectivity index (χ0n) is 23.1. The van der Waals surface area contributed by atoms with Crippen molar-refractivity contribution in [1.82, 2.24) is 10.2 Å². The summed E-state index contributed by atoms with van der Waals surface area (Å²) in [6.07, 6.45) is 0.739. The van der Waals surface area contributed by atoms with Crippen molar-refractivity contribution < 1.29 is 22.7 Å². The van der Waals surface area contributed by atoms with Gasteiger partial charge in [-0.15, -0.1) is 0 Å². The van der Waals surface area contributed by atoms with E-state index in [1.807, 2.05) is 45.0 Å². The van der Waals surface area contributed by atoms with E-state index in [1.54, 1.807) is 49.4 Å². The van der Waals surface area contributed by atoms with Gasteiger partial charge >= 0.3 is 0 Å². The third-order valence-electron chi connectivity index (χ3n) is 6.72. The van der Waals surface area contributed by atoms with Crippen LogP contribution < -0.4 is 14.4 Å². The molecule has 0 aliphatic rings. The summed E-state index contributed by atoms with van der Waals surface area (Å²) in [4.78, 5) is 28.6. The lowest BCUT2D eigenvalue weighted by molar-refractivity contribution is -0.139. The maximum absolute atomic E-state index is 14.0. The van der Waals surface area contributed by atoms with Crippen molar-refractivity contribution in [2.24, 2.45) is 0 Å². The van der Waals surface area contributed by atoms with Crippen molar-refractivity contribution >= 4 is 27.5 Å². The number of carbonyl (C=O) groups excluding carboxylic acids is 2. The van der Waals surface area contributed by atoms with Crippen molar-refractivity contribution in [3.8, 4) is 5.75 Å². The van der Waals surface area contributed by atoms with E-state index in [9.17, 15) is 18.0 Å². The van der Waals surface area contributed by atoms with E-state index >= 15 is 0 Å². The average molecular weight is 552 g/mol. The van der Waals surface area contributed by atoms with Gasteiger partial charge in [-0.25, -0.2) is 8.42 Å². The van der Waals surface area contributed by atoms with Crippen LogP contribution in [0.2, 0.25) is 0 Å². The number of carbonyl (C=O) groups is 2. The molecule has 0 bridgehead atoms. The molecule has 8 nitrogen and oxygen atoms in total. The summed E-state index contributed by atoms with van der Waals surface area (Å²) < 4.78 is 34.0. The van der Waals surface area contributed by atoms with Crippen molar-refractivity contribution in [3.63, 3.8) is 0 Å². The number of nitrogens with zero attached hydrogens (tertiary/aromatic N) is 2. The standard InChI is InChI=1S/C30H37N3O5S/c1-6-23(3)31-30(35)24(4)32(20-25-14-11-10-13-22(25)2)29(34)21-33(26-15-12-16-27(19-26)38-5)39(36,37)28-17-8-7-9-18-28/h7-19,23-24H,6,20-21H2,1-5H3,(H,31,35). The van der Waals surface area contributed by atoms with E-state index in [0.29, 0.717) is 5.75 Å². The molecule has 208 valence electrons. The smallest absolute Gasteiger partial charge is 0.264 e. The Hall–Kier alpha value is -3.85. The topological polar surface area (TPSA) is 96.0 Å². The summed E-state index contributed by atoms with van der Waals surface area (Å²) >= 11 is 0. The number of sulfonamides is 1. The SMILES string of the molecule is CCC(C)NC(=O)C(C)N(Cc1ccccc1C)C(=O)CN(c1cccc(OC)c1)S(=O)(=O)c1ccccc1. The molecule has 0 aromatic heterocycles.